The number of amidine groups is 2. The van der Waals surface area contributed by atoms with Gasteiger partial charge in [0, 0.05) is 5.56 Å². The molecule has 0 saturated carbocycles. The molecule has 0 aliphatic carbocycles. The molecule has 1 amide bonds. The quantitative estimate of drug-likeness (QED) is 0.648. The van der Waals surface area contributed by atoms with Crippen LogP contribution in [0.1, 0.15) is 16.7 Å². The molecule has 2 aromatic rings. The van der Waals surface area contributed by atoms with Gasteiger partial charge < -0.3 is 14.6 Å². The lowest BCUT2D eigenvalue weighted by atomic mass is 10.1. The summed E-state index contributed by atoms with van der Waals surface area (Å²) in [6, 6.07) is 12.6. The van der Waals surface area contributed by atoms with E-state index in [2.05, 4.69) is 10.1 Å². The lowest BCUT2D eigenvalue weighted by Gasteiger charge is -2.20. The number of carbonyl (C=O) groups is 2. The van der Waals surface area contributed by atoms with E-state index in [-0.39, 0.29) is 17.2 Å². The number of rotatable bonds is 6. The van der Waals surface area contributed by atoms with Gasteiger partial charge in [0.1, 0.15) is 5.04 Å². The number of carbonyl (C=O) groups excluding carboxylic acids is 1. The SMILES string of the molecule is COc1cc(C=C2C(=N)N3N=C(c4cccc(C)c4)SC3=NC2=O)ccc1OCC(=O)O. The zero-order valence-electron chi connectivity index (χ0n) is 17.2. The highest BCUT2D eigenvalue weighted by Crippen LogP contribution is 2.33. The lowest BCUT2D eigenvalue weighted by Crippen LogP contribution is -2.35. The molecular formula is C22H18N4O5S. The molecule has 162 valence electrons. The molecular weight excluding hydrogens is 432 g/mol. The summed E-state index contributed by atoms with van der Waals surface area (Å²) >= 11 is 1.24. The van der Waals surface area contributed by atoms with Gasteiger partial charge in [-0.2, -0.15) is 15.1 Å². The summed E-state index contributed by atoms with van der Waals surface area (Å²) in [5.41, 5.74) is 2.60. The second kappa shape index (κ2) is 8.67. The summed E-state index contributed by atoms with van der Waals surface area (Å²) in [4.78, 5) is 27.5. The maximum atomic E-state index is 12.6. The Labute approximate surface area is 187 Å². The van der Waals surface area contributed by atoms with Crippen LogP contribution in [0.4, 0.5) is 0 Å². The highest BCUT2D eigenvalue weighted by Gasteiger charge is 2.36. The number of nitrogens with zero attached hydrogens (tertiary/aromatic N) is 3. The number of aliphatic imine (C=N–C) groups is 1. The number of ether oxygens (including phenoxy) is 2. The molecule has 0 atom stereocenters. The van der Waals surface area contributed by atoms with Crippen molar-refractivity contribution in [2.24, 2.45) is 10.1 Å². The Bertz CT molecular complexity index is 1230. The largest absolute Gasteiger partial charge is 0.493 e. The fraction of sp³-hybridized carbons (Fsp3) is 0.136. The van der Waals surface area contributed by atoms with E-state index >= 15 is 0 Å². The predicted molar refractivity (Wildman–Crippen MR) is 121 cm³/mol. The molecule has 0 fully saturated rings. The lowest BCUT2D eigenvalue weighted by molar-refractivity contribution is -0.139. The van der Waals surface area contributed by atoms with Crippen LogP contribution < -0.4 is 9.47 Å². The number of thioether (sulfide) groups is 1. The molecule has 0 spiro atoms. The monoisotopic (exact) mass is 450 g/mol. The minimum Gasteiger partial charge on any atom is -0.493 e. The minimum absolute atomic E-state index is 0.0739. The van der Waals surface area contributed by atoms with Gasteiger partial charge in [-0.05, 0) is 48.5 Å². The number of hydrogen-bond donors (Lipinski definition) is 2. The molecule has 2 aromatic carbocycles. The molecule has 0 bridgehead atoms. The molecule has 9 nitrogen and oxygen atoms in total. The van der Waals surface area contributed by atoms with Crippen LogP contribution in [0, 0.1) is 12.3 Å². The van der Waals surface area contributed by atoms with E-state index in [4.69, 9.17) is 20.0 Å². The van der Waals surface area contributed by atoms with Crippen LogP contribution >= 0.6 is 11.8 Å². The number of nitrogens with one attached hydrogen (secondary N) is 1. The van der Waals surface area contributed by atoms with Crippen LogP contribution in [-0.4, -0.2) is 51.8 Å². The molecule has 2 aliphatic heterocycles. The normalized spacial score (nSPS) is 16.6. The van der Waals surface area contributed by atoms with Gasteiger partial charge in [-0.25, -0.2) is 4.79 Å². The number of hydrazone groups is 1. The van der Waals surface area contributed by atoms with E-state index in [1.54, 1.807) is 18.2 Å². The van der Waals surface area contributed by atoms with Crippen molar-refractivity contribution in [3.63, 3.8) is 0 Å². The van der Waals surface area contributed by atoms with Gasteiger partial charge in [-0.1, -0.05) is 29.8 Å². The standard InChI is InChI=1S/C22H18N4O5S/c1-12-4-3-5-14(8-12)21-25-26-19(23)15(20(29)24-22(26)32-21)9-13-6-7-16(17(10-13)30-2)31-11-18(27)28/h3-10,23H,11H2,1-2H3,(H,27,28). The Morgan fingerprint density at radius 2 is 2.06 bits per heavy atom. The van der Waals surface area contributed by atoms with Crippen molar-refractivity contribution in [3.05, 3.63) is 64.7 Å². The first-order valence-electron chi connectivity index (χ1n) is 9.45. The van der Waals surface area contributed by atoms with E-state index in [0.717, 1.165) is 11.1 Å². The van der Waals surface area contributed by atoms with Gasteiger partial charge in [0.05, 0.1) is 12.7 Å². The van der Waals surface area contributed by atoms with E-state index in [1.807, 2.05) is 31.2 Å². The first-order chi connectivity index (χ1) is 15.4. The molecule has 2 heterocycles. The molecule has 4 rings (SSSR count). The Kier molecular flexibility index (Phi) is 5.78. The first kappa shape index (κ1) is 21.3. The number of hydrogen-bond acceptors (Lipinski definition) is 7. The fourth-order valence-corrected chi connectivity index (χ4v) is 3.97. The van der Waals surface area contributed by atoms with Crippen molar-refractivity contribution >= 4 is 45.8 Å². The number of aliphatic carboxylic acids is 1. The van der Waals surface area contributed by atoms with Gasteiger partial charge in [-0.3, -0.25) is 10.2 Å². The second-order valence-corrected chi connectivity index (χ2v) is 7.84. The summed E-state index contributed by atoms with van der Waals surface area (Å²) in [6.07, 6.45) is 1.51. The third-order valence-corrected chi connectivity index (χ3v) is 5.53. The zero-order chi connectivity index (χ0) is 22.8. The Balaban J connectivity index is 1.62. The fourth-order valence-electron chi connectivity index (χ4n) is 3.09. The number of fused-ring (bicyclic) bond motifs is 1. The smallest absolute Gasteiger partial charge is 0.341 e. The van der Waals surface area contributed by atoms with Crippen molar-refractivity contribution in [1.82, 2.24) is 5.01 Å². The van der Waals surface area contributed by atoms with Crippen LogP contribution in [0.2, 0.25) is 0 Å². The van der Waals surface area contributed by atoms with Crippen molar-refractivity contribution in [2.45, 2.75) is 6.92 Å². The van der Waals surface area contributed by atoms with Crippen LogP contribution in [0.3, 0.4) is 0 Å². The number of methoxy groups -OCH3 is 1. The second-order valence-electron chi connectivity index (χ2n) is 6.89. The molecule has 2 aliphatic rings. The van der Waals surface area contributed by atoms with Crippen LogP contribution in [0.5, 0.6) is 11.5 Å². The van der Waals surface area contributed by atoms with Crippen molar-refractivity contribution in [1.29, 1.82) is 5.41 Å². The van der Waals surface area contributed by atoms with Crippen LogP contribution in [0.25, 0.3) is 6.08 Å². The third kappa shape index (κ3) is 4.26. The third-order valence-electron chi connectivity index (χ3n) is 4.57. The Hall–Kier alpha value is -3.92. The Morgan fingerprint density at radius 1 is 1.25 bits per heavy atom. The van der Waals surface area contributed by atoms with E-state index < -0.39 is 18.5 Å². The van der Waals surface area contributed by atoms with E-state index in [1.165, 1.54) is 30.0 Å². The number of carboxylic acids is 1. The average molecular weight is 450 g/mol. The summed E-state index contributed by atoms with van der Waals surface area (Å²) in [5.74, 6) is -1.18. The molecule has 0 saturated heterocycles. The van der Waals surface area contributed by atoms with Crippen molar-refractivity contribution in [2.75, 3.05) is 13.7 Å². The number of benzene rings is 2. The van der Waals surface area contributed by atoms with Crippen molar-refractivity contribution < 1.29 is 24.2 Å². The highest BCUT2D eigenvalue weighted by molar-refractivity contribution is 8.27. The molecule has 0 radical (unpaired) electrons. The van der Waals surface area contributed by atoms with Crippen molar-refractivity contribution in [3.8, 4) is 11.5 Å². The maximum absolute atomic E-state index is 12.6. The number of aryl methyl sites for hydroxylation is 1. The average Bonchev–Trinajstić information content (AvgIpc) is 3.19. The maximum Gasteiger partial charge on any atom is 0.341 e. The van der Waals surface area contributed by atoms with E-state index in [9.17, 15) is 9.59 Å². The Morgan fingerprint density at radius 3 is 2.78 bits per heavy atom. The van der Waals surface area contributed by atoms with Gasteiger partial charge in [-0.15, -0.1) is 0 Å². The van der Waals surface area contributed by atoms with Crippen LogP contribution in [0.15, 0.2) is 58.1 Å². The van der Waals surface area contributed by atoms with Crippen LogP contribution in [-0.2, 0) is 9.59 Å². The molecule has 10 heteroatoms. The van der Waals surface area contributed by atoms with Gasteiger partial charge in [0.15, 0.2) is 23.9 Å². The van der Waals surface area contributed by atoms with Gasteiger partial charge in [0.25, 0.3) is 5.91 Å². The summed E-state index contributed by atoms with van der Waals surface area (Å²) in [5, 5.41) is 24.1. The summed E-state index contributed by atoms with van der Waals surface area (Å²) in [7, 11) is 1.42. The first-order valence-corrected chi connectivity index (χ1v) is 10.3. The summed E-state index contributed by atoms with van der Waals surface area (Å²) < 4.78 is 10.4. The number of carboxylic acid groups (broad SMARTS) is 1. The molecule has 32 heavy (non-hydrogen) atoms. The zero-order valence-corrected chi connectivity index (χ0v) is 18.0. The topological polar surface area (TPSA) is 125 Å². The van der Waals surface area contributed by atoms with Gasteiger partial charge >= 0.3 is 5.97 Å². The summed E-state index contributed by atoms with van der Waals surface area (Å²) in [6.45, 7) is 1.47. The highest BCUT2D eigenvalue weighted by atomic mass is 32.2. The predicted octanol–water partition coefficient (Wildman–Crippen LogP) is 3.13. The number of amides is 1. The molecule has 2 N–H and O–H groups in total. The minimum atomic E-state index is -1.11. The van der Waals surface area contributed by atoms with E-state index in [0.29, 0.717) is 21.5 Å². The molecule has 0 unspecified atom stereocenters. The van der Waals surface area contributed by atoms with Gasteiger partial charge in [0.2, 0.25) is 5.17 Å². The molecule has 0 aromatic heterocycles.